The Balaban J connectivity index is 2.25. The lowest BCUT2D eigenvalue weighted by Crippen LogP contribution is -2.32. The number of rotatable bonds is 2. The molecule has 0 amide bonds. The third-order valence-corrected chi connectivity index (χ3v) is 4.48. The molecule has 0 bridgehead atoms. The van der Waals surface area contributed by atoms with Crippen LogP contribution in [0.3, 0.4) is 0 Å². The van der Waals surface area contributed by atoms with Gasteiger partial charge in [0, 0.05) is 11.1 Å². The van der Waals surface area contributed by atoms with Crippen LogP contribution in [0.1, 0.15) is 36.0 Å². The van der Waals surface area contributed by atoms with Crippen molar-refractivity contribution in [3.63, 3.8) is 0 Å². The molecule has 1 saturated heterocycles. The molecule has 3 nitrogen and oxygen atoms in total. The fourth-order valence-electron chi connectivity index (χ4n) is 2.57. The van der Waals surface area contributed by atoms with Crippen LogP contribution in [-0.4, -0.2) is 30.0 Å². The Morgan fingerprint density at radius 1 is 1.56 bits per heavy atom. The summed E-state index contributed by atoms with van der Waals surface area (Å²) in [5.41, 5.74) is 7.05. The van der Waals surface area contributed by atoms with Gasteiger partial charge in [0.15, 0.2) is 0 Å². The monoisotopic (exact) mass is 239 g/mol. The summed E-state index contributed by atoms with van der Waals surface area (Å²) in [6.07, 6.45) is 3.82. The van der Waals surface area contributed by atoms with Gasteiger partial charge >= 0.3 is 0 Å². The minimum absolute atomic E-state index is 0.436. The second-order valence-electron chi connectivity index (χ2n) is 4.74. The van der Waals surface area contributed by atoms with Crippen LogP contribution in [0.15, 0.2) is 5.38 Å². The van der Waals surface area contributed by atoms with E-state index in [0.29, 0.717) is 12.0 Å². The lowest BCUT2D eigenvalue weighted by molar-refractivity contribution is 0.195. The van der Waals surface area contributed by atoms with Gasteiger partial charge in [-0.2, -0.15) is 0 Å². The summed E-state index contributed by atoms with van der Waals surface area (Å²) in [5.74, 6) is 0.568. The predicted molar refractivity (Wildman–Crippen MR) is 68.6 cm³/mol. The maximum absolute atomic E-state index is 5.92. The highest BCUT2D eigenvalue weighted by atomic mass is 32.1. The van der Waals surface area contributed by atoms with Crippen LogP contribution in [0.25, 0.3) is 0 Å². The molecule has 0 spiro atoms. The molecule has 16 heavy (non-hydrogen) atoms. The Bertz CT molecular complexity index is 337. The second-order valence-corrected chi connectivity index (χ2v) is 5.63. The van der Waals surface area contributed by atoms with Gasteiger partial charge in [0.1, 0.15) is 5.01 Å². The number of hydrogen-bond donors (Lipinski definition) is 1. The summed E-state index contributed by atoms with van der Waals surface area (Å²) in [7, 11) is 2.20. The van der Waals surface area contributed by atoms with E-state index in [9.17, 15) is 0 Å². The SMILES string of the molecule is Cc1csc(C2C(CN)CCCCN2C)n1. The van der Waals surface area contributed by atoms with Gasteiger partial charge < -0.3 is 5.73 Å². The zero-order valence-electron chi connectivity index (χ0n) is 10.1. The van der Waals surface area contributed by atoms with Crippen molar-refractivity contribution in [2.24, 2.45) is 11.7 Å². The standard InChI is InChI=1S/C12H21N3S/c1-9-8-16-12(14-9)11-10(7-13)5-3-4-6-15(11)2/h8,10-11H,3-7,13H2,1-2H3. The highest BCUT2D eigenvalue weighted by Crippen LogP contribution is 2.34. The van der Waals surface area contributed by atoms with Crippen LogP contribution in [0.2, 0.25) is 0 Å². The summed E-state index contributed by atoms with van der Waals surface area (Å²) < 4.78 is 0. The largest absolute Gasteiger partial charge is 0.330 e. The van der Waals surface area contributed by atoms with Crippen molar-refractivity contribution < 1.29 is 0 Å². The summed E-state index contributed by atoms with van der Waals surface area (Å²) in [4.78, 5) is 7.08. The Morgan fingerprint density at radius 2 is 2.38 bits per heavy atom. The van der Waals surface area contributed by atoms with Crippen molar-refractivity contribution in [3.05, 3.63) is 16.1 Å². The van der Waals surface area contributed by atoms with E-state index < -0.39 is 0 Å². The molecule has 2 rings (SSSR count). The van der Waals surface area contributed by atoms with E-state index in [0.717, 1.165) is 12.2 Å². The molecular formula is C12H21N3S. The van der Waals surface area contributed by atoms with Crippen LogP contribution < -0.4 is 5.73 Å². The zero-order valence-corrected chi connectivity index (χ0v) is 11.0. The van der Waals surface area contributed by atoms with Crippen molar-refractivity contribution in [2.45, 2.75) is 32.2 Å². The molecule has 1 aromatic heterocycles. The molecule has 2 unspecified atom stereocenters. The molecule has 1 fully saturated rings. The minimum Gasteiger partial charge on any atom is -0.330 e. The van der Waals surface area contributed by atoms with E-state index in [1.54, 1.807) is 11.3 Å². The Kier molecular flexibility index (Phi) is 3.95. The van der Waals surface area contributed by atoms with Gasteiger partial charge in [0.05, 0.1) is 6.04 Å². The quantitative estimate of drug-likeness (QED) is 0.860. The van der Waals surface area contributed by atoms with E-state index in [1.165, 1.54) is 30.8 Å². The fourth-order valence-corrected chi connectivity index (χ4v) is 3.62. The molecule has 4 heteroatoms. The van der Waals surface area contributed by atoms with Crippen molar-refractivity contribution in [1.82, 2.24) is 9.88 Å². The molecule has 0 aliphatic carbocycles. The summed E-state index contributed by atoms with van der Waals surface area (Å²) in [6, 6.07) is 0.436. The van der Waals surface area contributed by atoms with Gasteiger partial charge in [0.2, 0.25) is 0 Å². The van der Waals surface area contributed by atoms with Gasteiger partial charge in [-0.25, -0.2) is 4.98 Å². The smallest absolute Gasteiger partial charge is 0.110 e. The van der Waals surface area contributed by atoms with Gasteiger partial charge in [-0.1, -0.05) is 6.42 Å². The first kappa shape index (κ1) is 12.0. The van der Waals surface area contributed by atoms with Crippen LogP contribution in [0, 0.1) is 12.8 Å². The minimum atomic E-state index is 0.436. The zero-order chi connectivity index (χ0) is 11.5. The van der Waals surface area contributed by atoms with E-state index in [-0.39, 0.29) is 0 Å². The van der Waals surface area contributed by atoms with Crippen molar-refractivity contribution in [2.75, 3.05) is 20.1 Å². The number of nitrogens with two attached hydrogens (primary N) is 1. The maximum atomic E-state index is 5.92. The highest BCUT2D eigenvalue weighted by molar-refractivity contribution is 7.09. The van der Waals surface area contributed by atoms with Crippen molar-refractivity contribution >= 4 is 11.3 Å². The van der Waals surface area contributed by atoms with Crippen LogP contribution in [-0.2, 0) is 0 Å². The molecule has 2 heterocycles. The number of likely N-dealkylation sites (tertiary alicyclic amines) is 1. The highest BCUT2D eigenvalue weighted by Gasteiger charge is 2.29. The molecule has 1 aliphatic heterocycles. The first-order chi connectivity index (χ1) is 7.72. The molecule has 2 atom stereocenters. The van der Waals surface area contributed by atoms with Gasteiger partial charge in [-0.15, -0.1) is 11.3 Å². The number of hydrogen-bond acceptors (Lipinski definition) is 4. The van der Waals surface area contributed by atoms with E-state index in [4.69, 9.17) is 5.73 Å². The normalized spacial score (nSPS) is 27.9. The average Bonchev–Trinajstić information content (AvgIpc) is 2.59. The van der Waals surface area contributed by atoms with Crippen molar-refractivity contribution in [1.29, 1.82) is 0 Å². The van der Waals surface area contributed by atoms with Gasteiger partial charge in [-0.3, -0.25) is 4.90 Å². The number of aromatic nitrogens is 1. The topological polar surface area (TPSA) is 42.1 Å². The van der Waals surface area contributed by atoms with E-state index in [2.05, 4.69) is 29.2 Å². The second kappa shape index (κ2) is 5.25. The molecular weight excluding hydrogens is 218 g/mol. The van der Waals surface area contributed by atoms with Crippen molar-refractivity contribution in [3.8, 4) is 0 Å². The number of thiazole rings is 1. The molecule has 0 aromatic carbocycles. The lowest BCUT2D eigenvalue weighted by atomic mass is 9.95. The third-order valence-electron chi connectivity index (χ3n) is 3.45. The molecule has 1 aromatic rings. The van der Waals surface area contributed by atoms with Crippen LogP contribution in [0.5, 0.6) is 0 Å². The predicted octanol–water partition coefficient (Wildman–Crippen LogP) is 2.18. The molecule has 1 aliphatic rings. The van der Waals surface area contributed by atoms with E-state index >= 15 is 0 Å². The molecule has 2 N–H and O–H groups in total. The first-order valence-corrected chi connectivity index (χ1v) is 6.92. The summed E-state index contributed by atoms with van der Waals surface area (Å²) in [6.45, 7) is 4.00. The Morgan fingerprint density at radius 3 is 3.00 bits per heavy atom. The summed E-state index contributed by atoms with van der Waals surface area (Å²) in [5, 5.41) is 3.39. The van der Waals surface area contributed by atoms with E-state index in [1.807, 2.05) is 0 Å². The van der Waals surface area contributed by atoms with Crippen LogP contribution in [0.4, 0.5) is 0 Å². The number of nitrogens with zero attached hydrogens (tertiary/aromatic N) is 2. The fraction of sp³-hybridized carbons (Fsp3) is 0.750. The molecule has 90 valence electrons. The Labute approximate surface area is 102 Å². The average molecular weight is 239 g/mol. The molecule has 0 saturated carbocycles. The first-order valence-electron chi connectivity index (χ1n) is 6.04. The Hall–Kier alpha value is -0.450. The van der Waals surface area contributed by atoms with Crippen LogP contribution >= 0.6 is 11.3 Å². The molecule has 0 radical (unpaired) electrons. The third kappa shape index (κ3) is 2.44. The van der Waals surface area contributed by atoms with Gasteiger partial charge in [0.25, 0.3) is 0 Å². The van der Waals surface area contributed by atoms with Gasteiger partial charge in [-0.05, 0) is 45.8 Å². The lowest BCUT2D eigenvalue weighted by Gasteiger charge is -2.29. The number of aryl methyl sites for hydroxylation is 1. The summed E-state index contributed by atoms with van der Waals surface area (Å²) >= 11 is 1.78. The maximum Gasteiger partial charge on any atom is 0.110 e.